The van der Waals surface area contributed by atoms with Gasteiger partial charge in [-0.05, 0) is 118 Å². The maximum Gasteiger partial charge on any atom is 0.173 e. The third-order valence-corrected chi connectivity index (χ3v) is 11.3. The molecule has 0 saturated heterocycles. The Morgan fingerprint density at radius 3 is 0.981 bits per heavy atom. The van der Waals surface area contributed by atoms with Gasteiger partial charge in [0.25, 0.3) is 0 Å². The number of pyridine rings is 2. The topological polar surface area (TPSA) is 7.76 Å². The molecule has 2 heterocycles. The fourth-order valence-electron chi connectivity index (χ4n) is 8.07. The summed E-state index contributed by atoms with van der Waals surface area (Å²) in [7, 11) is 0. The van der Waals surface area contributed by atoms with E-state index < -0.39 is 0 Å². The van der Waals surface area contributed by atoms with Gasteiger partial charge in [0.2, 0.25) is 0 Å². The van der Waals surface area contributed by atoms with Crippen LogP contribution in [0.4, 0.5) is 0 Å². The number of aromatic nitrogens is 2. The first kappa shape index (κ1) is 32.3. The SMILES string of the molecule is c1cc2ccc1CCc1ccc(c(-c3cc[n+](Cc4ccc(C[n+]5ccc(-c6cc7ccc6CCc6ccc(cc6)CC7)cc5)cc4)cc3)c1)CC2. The van der Waals surface area contributed by atoms with E-state index in [-0.39, 0.29) is 0 Å². The van der Waals surface area contributed by atoms with Crippen LogP contribution in [-0.4, -0.2) is 0 Å². The van der Waals surface area contributed by atoms with Crippen LogP contribution in [-0.2, 0) is 64.5 Å². The van der Waals surface area contributed by atoms with Gasteiger partial charge >= 0.3 is 0 Å². The van der Waals surface area contributed by atoms with Crippen molar-refractivity contribution in [1.29, 1.82) is 0 Å². The molecule has 8 bridgehead atoms. The Balaban J connectivity index is 0.853. The average Bonchev–Trinajstić information content (AvgIpc) is 3.18. The van der Waals surface area contributed by atoms with Gasteiger partial charge < -0.3 is 0 Å². The normalized spacial score (nSPS) is 13.7. The summed E-state index contributed by atoms with van der Waals surface area (Å²) in [6, 6.07) is 51.1. The fourth-order valence-corrected chi connectivity index (χ4v) is 8.07. The van der Waals surface area contributed by atoms with Gasteiger partial charge in [-0.15, -0.1) is 0 Å². The van der Waals surface area contributed by atoms with Crippen molar-refractivity contribution in [3.8, 4) is 22.3 Å². The highest BCUT2D eigenvalue weighted by atomic mass is 14.9. The molecule has 0 radical (unpaired) electrons. The maximum atomic E-state index is 2.43. The van der Waals surface area contributed by atoms with Crippen molar-refractivity contribution in [2.45, 2.75) is 64.5 Å². The highest BCUT2D eigenvalue weighted by molar-refractivity contribution is 5.69. The monoisotopic (exact) mass is 674 g/mol. The second kappa shape index (κ2) is 14.6. The van der Waals surface area contributed by atoms with E-state index in [1.165, 1.54) is 77.9 Å². The first-order valence-corrected chi connectivity index (χ1v) is 19.1. The lowest BCUT2D eigenvalue weighted by Gasteiger charge is -2.14. The molecular formula is C50H46N2+2. The van der Waals surface area contributed by atoms with Crippen molar-refractivity contribution >= 4 is 0 Å². The van der Waals surface area contributed by atoms with E-state index in [1.807, 2.05) is 0 Å². The van der Waals surface area contributed by atoms with E-state index >= 15 is 0 Å². The van der Waals surface area contributed by atoms with E-state index in [9.17, 15) is 0 Å². The Morgan fingerprint density at radius 1 is 0.308 bits per heavy atom. The van der Waals surface area contributed by atoms with E-state index in [0.29, 0.717) is 0 Å². The molecular weight excluding hydrogens is 629 g/mol. The minimum absolute atomic E-state index is 0.859. The molecule has 15 rings (SSSR count). The predicted octanol–water partition coefficient (Wildman–Crippen LogP) is 9.46. The summed E-state index contributed by atoms with van der Waals surface area (Å²) in [6.45, 7) is 1.72. The number of nitrogens with zero attached hydrogens (tertiary/aromatic N) is 2. The molecule has 7 aromatic rings. The Kier molecular flexibility index (Phi) is 9.05. The van der Waals surface area contributed by atoms with Crippen LogP contribution in [0.25, 0.3) is 22.3 Å². The van der Waals surface area contributed by atoms with Gasteiger partial charge in [-0.25, -0.2) is 9.13 Å². The molecule has 0 atom stereocenters. The van der Waals surface area contributed by atoms with Crippen LogP contribution in [0.15, 0.2) is 158 Å². The van der Waals surface area contributed by atoms with Crippen LogP contribution in [0.2, 0.25) is 0 Å². The van der Waals surface area contributed by atoms with Gasteiger partial charge in [-0.2, -0.15) is 0 Å². The molecule has 0 fully saturated rings. The summed E-state index contributed by atoms with van der Waals surface area (Å²) in [4.78, 5) is 0. The van der Waals surface area contributed by atoms with Crippen molar-refractivity contribution in [3.05, 3.63) is 214 Å². The van der Waals surface area contributed by atoms with Crippen molar-refractivity contribution in [2.75, 3.05) is 0 Å². The summed E-state index contributed by atoms with van der Waals surface area (Å²) in [5.74, 6) is 0. The summed E-state index contributed by atoms with van der Waals surface area (Å²) in [5.41, 5.74) is 19.4. The standard InChI is InChI=1S/C50H46N2/c1-5-39-6-2-37(1)9-11-41-19-23-45(21-17-39)49(33-41)47-25-29-51(30-26-47)35-43-13-15-44(16-14-43)36-52-31-27-48(28-32-52)50-34-42-12-10-38-3-7-40(8-4-38)18-22-46(50)24-20-42/h1-8,13-16,19-20,23-34H,9-12,17-18,21-22,35-36H2/q+2. The van der Waals surface area contributed by atoms with Crippen molar-refractivity contribution in [1.82, 2.24) is 0 Å². The summed E-state index contributed by atoms with van der Waals surface area (Å²) < 4.78 is 4.58. The lowest BCUT2D eigenvalue weighted by molar-refractivity contribution is -0.688. The van der Waals surface area contributed by atoms with Gasteiger partial charge in [0, 0.05) is 35.4 Å². The van der Waals surface area contributed by atoms with E-state index in [4.69, 9.17) is 0 Å². The van der Waals surface area contributed by atoms with Crippen LogP contribution < -0.4 is 9.13 Å². The summed E-state index contributed by atoms with van der Waals surface area (Å²) in [6.07, 6.45) is 17.5. The van der Waals surface area contributed by atoms with Crippen molar-refractivity contribution in [3.63, 3.8) is 0 Å². The van der Waals surface area contributed by atoms with E-state index in [1.54, 1.807) is 0 Å². The quantitative estimate of drug-likeness (QED) is 0.155. The molecule has 8 aliphatic carbocycles. The molecule has 8 aliphatic rings. The maximum absolute atomic E-state index is 2.43. The van der Waals surface area contributed by atoms with Gasteiger partial charge in [-0.1, -0.05) is 109 Å². The number of rotatable bonds is 6. The molecule has 0 spiro atoms. The Bertz CT molecular complexity index is 2130. The molecule has 0 saturated carbocycles. The number of hydrogen-bond donors (Lipinski definition) is 0. The third-order valence-electron chi connectivity index (χ3n) is 11.3. The van der Waals surface area contributed by atoms with Gasteiger partial charge in [0.1, 0.15) is 0 Å². The molecule has 0 unspecified atom stereocenters. The summed E-state index contributed by atoms with van der Waals surface area (Å²) in [5, 5.41) is 0. The summed E-state index contributed by atoms with van der Waals surface area (Å²) >= 11 is 0. The lowest BCUT2D eigenvalue weighted by atomic mass is 9.91. The first-order valence-electron chi connectivity index (χ1n) is 19.1. The highest BCUT2D eigenvalue weighted by Crippen LogP contribution is 2.29. The van der Waals surface area contributed by atoms with Crippen LogP contribution in [0.5, 0.6) is 0 Å². The van der Waals surface area contributed by atoms with Gasteiger partial charge in [-0.3, -0.25) is 0 Å². The zero-order valence-electron chi connectivity index (χ0n) is 30.0. The minimum Gasteiger partial charge on any atom is -0.201 e. The zero-order chi connectivity index (χ0) is 34.7. The molecule has 0 aliphatic heterocycles. The molecule has 0 amide bonds. The molecule has 2 aromatic heterocycles. The van der Waals surface area contributed by atoms with Crippen LogP contribution in [0, 0.1) is 0 Å². The second-order valence-electron chi connectivity index (χ2n) is 15.0. The predicted molar refractivity (Wildman–Crippen MR) is 211 cm³/mol. The smallest absolute Gasteiger partial charge is 0.173 e. The second-order valence-corrected chi connectivity index (χ2v) is 15.0. The fraction of sp³-hybridized carbons (Fsp3) is 0.200. The Morgan fingerprint density at radius 2 is 0.615 bits per heavy atom. The average molecular weight is 675 g/mol. The molecule has 0 N–H and O–H groups in total. The minimum atomic E-state index is 0.859. The van der Waals surface area contributed by atoms with Crippen LogP contribution in [0.3, 0.4) is 0 Å². The Labute approximate surface area is 308 Å². The molecule has 254 valence electrons. The number of aryl methyl sites for hydroxylation is 8. The first-order chi connectivity index (χ1) is 25.7. The van der Waals surface area contributed by atoms with E-state index in [0.717, 1.165) is 64.5 Å². The number of benzene rings is 5. The van der Waals surface area contributed by atoms with Crippen LogP contribution >= 0.6 is 0 Å². The van der Waals surface area contributed by atoms with Gasteiger partial charge in [0.15, 0.2) is 37.9 Å². The highest BCUT2D eigenvalue weighted by Gasteiger charge is 2.14. The number of hydrogen-bond acceptors (Lipinski definition) is 0. The molecule has 5 aromatic carbocycles. The van der Waals surface area contributed by atoms with E-state index in [2.05, 4.69) is 167 Å². The molecule has 2 nitrogen and oxygen atoms in total. The van der Waals surface area contributed by atoms with Gasteiger partial charge in [0.05, 0.1) is 0 Å². The third kappa shape index (κ3) is 7.39. The van der Waals surface area contributed by atoms with Crippen LogP contribution in [0.1, 0.15) is 55.6 Å². The van der Waals surface area contributed by atoms with Crippen molar-refractivity contribution in [2.24, 2.45) is 0 Å². The zero-order valence-corrected chi connectivity index (χ0v) is 30.0. The largest absolute Gasteiger partial charge is 0.201 e. The van der Waals surface area contributed by atoms with Crippen molar-refractivity contribution < 1.29 is 9.13 Å². The molecule has 52 heavy (non-hydrogen) atoms. The molecule has 2 heteroatoms. The lowest BCUT2D eigenvalue weighted by Crippen LogP contribution is -2.34. The Hall–Kier alpha value is -5.60.